The number of fused-ring (bicyclic) bond motifs is 1. The minimum atomic E-state index is -0.0118. The van der Waals surface area contributed by atoms with Crippen molar-refractivity contribution in [1.29, 1.82) is 0 Å². The van der Waals surface area contributed by atoms with Crippen molar-refractivity contribution in [2.24, 2.45) is 0 Å². The number of rotatable bonds is 4. The van der Waals surface area contributed by atoms with Crippen LogP contribution < -0.4 is 5.32 Å². The molecule has 1 unspecified atom stereocenters. The lowest BCUT2D eigenvalue weighted by molar-refractivity contribution is 0.0745. The average molecular weight is 353 g/mol. The van der Waals surface area contributed by atoms with E-state index in [4.69, 9.17) is 9.40 Å². The first-order valence-corrected chi connectivity index (χ1v) is 8.96. The van der Waals surface area contributed by atoms with Gasteiger partial charge >= 0.3 is 0 Å². The summed E-state index contributed by atoms with van der Waals surface area (Å²) in [6, 6.07) is 5.83. The Bertz CT molecular complexity index is 923. The van der Waals surface area contributed by atoms with Crippen molar-refractivity contribution in [3.05, 3.63) is 36.2 Å². The molecule has 7 heteroatoms. The van der Waals surface area contributed by atoms with E-state index in [0.29, 0.717) is 22.7 Å². The number of aromatic nitrogens is 3. The SMILES string of the molecule is CC(C)n1ncc2c(C(=O)N(C)C3CCNC3)cc(-c3ccco3)nc21. The molecule has 1 aliphatic heterocycles. The molecule has 4 heterocycles. The van der Waals surface area contributed by atoms with Gasteiger partial charge in [-0.25, -0.2) is 9.67 Å². The highest BCUT2D eigenvalue weighted by Gasteiger charge is 2.27. The maximum Gasteiger partial charge on any atom is 0.254 e. The van der Waals surface area contributed by atoms with Crippen molar-refractivity contribution in [3.63, 3.8) is 0 Å². The smallest absolute Gasteiger partial charge is 0.254 e. The predicted molar refractivity (Wildman–Crippen MR) is 99.0 cm³/mol. The number of nitrogens with one attached hydrogen (secondary N) is 1. The van der Waals surface area contributed by atoms with E-state index < -0.39 is 0 Å². The van der Waals surface area contributed by atoms with Crippen LogP contribution in [0.15, 0.2) is 35.1 Å². The number of pyridine rings is 1. The molecule has 7 nitrogen and oxygen atoms in total. The number of likely N-dealkylation sites (N-methyl/N-ethyl adjacent to an activating group) is 1. The van der Waals surface area contributed by atoms with E-state index in [0.717, 1.165) is 24.9 Å². The molecule has 26 heavy (non-hydrogen) atoms. The summed E-state index contributed by atoms with van der Waals surface area (Å²) in [5, 5.41) is 8.54. The molecule has 3 aromatic rings. The summed E-state index contributed by atoms with van der Waals surface area (Å²) in [5.41, 5.74) is 1.96. The van der Waals surface area contributed by atoms with Gasteiger partial charge in [-0.05, 0) is 45.0 Å². The topological polar surface area (TPSA) is 76.2 Å². The monoisotopic (exact) mass is 353 g/mol. The van der Waals surface area contributed by atoms with Crippen LogP contribution in [0.5, 0.6) is 0 Å². The number of hydrogen-bond acceptors (Lipinski definition) is 5. The summed E-state index contributed by atoms with van der Waals surface area (Å²) in [7, 11) is 1.87. The summed E-state index contributed by atoms with van der Waals surface area (Å²) >= 11 is 0. The van der Waals surface area contributed by atoms with Crippen molar-refractivity contribution in [2.75, 3.05) is 20.1 Å². The normalized spacial score (nSPS) is 17.3. The molecule has 0 saturated carbocycles. The molecule has 136 valence electrons. The summed E-state index contributed by atoms with van der Waals surface area (Å²) < 4.78 is 7.36. The highest BCUT2D eigenvalue weighted by Crippen LogP contribution is 2.28. The van der Waals surface area contributed by atoms with Gasteiger partial charge in [0, 0.05) is 25.7 Å². The van der Waals surface area contributed by atoms with E-state index in [1.54, 1.807) is 12.5 Å². The lowest BCUT2D eigenvalue weighted by atomic mass is 10.1. The number of nitrogens with zero attached hydrogens (tertiary/aromatic N) is 4. The van der Waals surface area contributed by atoms with E-state index in [1.807, 2.05) is 48.7 Å². The van der Waals surface area contributed by atoms with Gasteiger partial charge in [0.2, 0.25) is 0 Å². The zero-order valence-corrected chi connectivity index (χ0v) is 15.3. The average Bonchev–Trinajstić information content (AvgIpc) is 3.40. The largest absolute Gasteiger partial charge is 0.463 e. The minimum absolute atomic E-state index is 0.0118. The molecule has 0 aliphatic carbocycles. The molecule has 0 spiro atoms. The molecule has 1 atom stereocenters. The van der Waals surface area contributed by atoms with E-state index in [2.05, 4.69) is 10.4 Å². The van der Waals surface area contributed by atoms with Crippen LogP contribution in [0, 0.1) is 0 Å². The van der Waals surface area contributed by atoms with Gasteiger partial charge in [0.1, 0.15) is 5.69 Å². The first-order chi connectivity index (χ1) is 12.6. The van der Waals surface area contributed by atoms with Gasteiger partial charge in [0.05, 0.1) is 23.4 Å². The summed E-state index contributed by atoms with van der Waals surface area (Å²) in [4.78, 5) is 19.8. The Hall–Kier alpha value is -2.67. The van der Waals surface area contributed by atoms with Gasteiger partial charge in [-0.15, -0.1) is 0 Å². The van der Waals surface area contributed by atoms with Gasteiger partial charge in [0.15, 0.2) is 11.4 Å². The molecule has 1 saturated heterocycles. The molecule has 4 rings (SSSR count). The molecule has 1 aliphatic rings. The maximum atomic E-state index is 13.2. The first kappa shape index (κ1) is 16.8. The van der Waals surface area contributed by atoms with E-state index in [9.17, 15) is 4.79 Å². The quantitative estimate of drug-likeness (QED) is 0.780. The third kappa shape index (κ3) is 2.78. The number of furan rings is 1. The molecule has 0 bridgehead atoms. The minimum Gasteiger partial charge on any atom is -0.463 e. The van der Waals surface area contributed by atoms with Crippen molar-refractivity contribution in [3.8, 4) is 11.5 Å². The van der Waals surface area contributed by atoms with Gasteiger partial charge in [0.25, 0.3) is 5.91 Å². The second kappa shape index (κ2) is 6.57. The zero-order valence-electron chi connectivity index (χ0n) is 15.3. The van der Waals surface area contributed by atoms with Crippen molar-refractivity contribution in [1.82, 2.24) is 25.0 Å². The van der Waals surface area contributed by atoms with Gasteiger partial charge < -0.3 is 14.6 Å². The Morgan fingerprint density at radius 2 is 2.31 bits per heavy atom. The van der Waals surface area contributed by atoms with Crippen molar-refractivity contribution >= 4 is 16.9 Å². The van der Waals surface area contributed by atoms with Crippen LogP contribution in [0.2, 0.25) is 0 Å². The van der Waals surface area contributed by atoms with Crippen LogP contribution in [0.3, 0.4) is 0 Å². The van der Waals surface area contributed by atoms with Crippen LogP contribution in [0.1, 0.15) is 36.7 Å². The zero-order chi connectivity index (χ0) is 18.3. The van der Waals surface area contributed by atoms with Crippen LogP contribution >= 0.6 is 0 Å². The molecular formula is C19H23N5O2. The number of amides is 1. The van der Waals surface area contributed by atoms with Gasteiger partial charge in [-0.3, -0.25) is 4.79 Å². The highest BCUT2D eigenvalue weighted by atomic mass is 16.3. The Balaban J connectivity index is 1.85. The third-order valence-electron chi connectivity index (χ3n) is 4.96. The molecule has 0 aromatic carbocycles. The fourth-order valence-corrected chi connectivity index (χ4v) is 3.45. The number of hydrogen-bond donors (Lipinski definition) is 1. The Morgan fingerprint density at radius 1 is 1.46 bits per heavy atom. The van der Waals surface area contributed by atoms with E-state index in [-0.39, 0.29) is 18.0 Å². The maximum absolute atomic E-state index is 13.2. The summed E-state index contributed by atoms with van der Waals surface area (Å²) in [6.45, 7) is 5.86. The lowest BCUT2D eigenvalue weighted by Gasteiger charge is -2.24. The highest BCUT2D eigenvalue weighted by molar-refractivity contribution is 6.06. The Labute approximate surface area is 152 Å². The summed E-state index contributed by atoms with van der Waals surface area (Å²) in [6.07, 6.45) is 4.31. The van der Waals surface area contributed by atoms with E-state index in [1.165, 1.54) is 0 Å². The van der Waals surface area contributed by atoms with Crippen LogP contribution in [0.25, 0.3) is 22.5 Å². The third-order valence-corrected chi connectivity index (χ3v) is 4.96. The summed E-state index contributed by atoms with van der Waals surface area (Å²) in [5.74, 6) is 0.629. The molecule has 3 aromatic heterocycles. The second-order valence-corrected chi connectivity index (χ2v) is 7.02. The van der Waals surface area contributed by atoms with Crippen LogP contribution in [0.4, 0.5) is 0 Å². The van der Waals surface area contributed by atoms with Crippen molar-refractivity contribution in [2.45, 2.75) is 32.4 Å². The van der Waals surface area contributed by atoms with Gasteiger partial charge in [-0.2, -0.15) is 5.10 Å². The Morgan fingerprint density at radius 3 is 2.96 bits per heavy atom. The fourth-order valence-electron chi connectivity index (χ4n) is 3.45. The van der Waals surface area contributed by atoms with Crippen molar-refractivity contribution < 1.29 is 9.21 Å². The fraction of sp³-hybridized carbons (Fsp3) is 0.421. The molecule has 1 fully saturated rings. The first-order valence-electron chi connectivity index (χ1n) is 8.96. The second-order valence-electron chi connectivity index (χ2n) is 7.02. The van der Waals surface area contributed by atoms with Crippen LogP contribution in [-0.4, -0.2) is 51.8 Å². The molecule has 0 radical (unpaired) electrons. The molecular weight excluding hydrogens is 330 g/mol. The lowest BCUT2D eigenvalue weighted by Crippen LogP contribution is -2.38. The Kier molecular flexibility index (Phi) is 4.24. The number of carbonyl (C=O) groups excluding carboxylic acids is 1. The predicted octanol–water partition coefficient (Wildman–Crippen LogP) is 2.71. The molecule has 1 amide bonds. The van der Waals surface area contributed by atoms with E-state index >= 15 is 0 Å². The standard InChI is InChI=1S/C19H23N5O2/c1-12(2)24-18-15(11-21-24)14(9-16(22-18)17-5-4-8-26-17)19(25)23(3)13-6-7-20-10-13/h4-5,8-9,11-13,20H,6-7,10H2,1-3H3. The molecule has 1 N–H and O–H groups in total. The number of carbonyl (C=O) groups is 1. The van der Waals surface area contributed by atoms with Crippen LogP contribution in [-0.2, 0) is 0 Å². The van der Waals surface area contributed by atoms with Gasteiger partial charge in [-0.1, -0.05) is 0 Å².